The van der Waals surface area contributed by atoms with Gasteiger partial charge in [-0.25, -0.2) is 0 Å². The van der Waals surface area contributed by atoms with Crippen molar-refractivity contribution in [1.29, 1.82) is 0 Å². The summed E-state index contributed by atoms with van der Waals surface area (Å²) in [4.78, 5) is 10.9. The van der Waals surface area contributed by atoms with E-state index in [0.29, 0.717) is 19.3 Å². The summed E-state index contributed by atoms with van der Waals surface area (Å²) in [6.07, 6.45) is 16.9. The van der Waals surface area contributed by atoms with Gasteiger partial charge in [0.25, 0.3) is 0 Å². The fraction of sp³-hybridized carbons (Fsp3) is 0.609. The van der Waals surface area contributed by atoms with E-state index in [0.717, 1.165) is 25.7 Å². The Hall–Kier alpha value is -1.67. The molecule has 0 heterocycles. The van der Waals surface area contributed by atoms with Gasteiger partial charge in [0.1, 0.15) is 5.78 Å². The van der Waals surface area contributed by atoms with Crippen LogP contribution in [0.15, 0.2) is 36.5 Å². The highest BCUT2D eigenvalue weighted by Gasteiger charge is 2.23. The Morgan fingerprint density at radius 2 is 1.67 bits per heavy atom. The van der Waals surface area contributed by atoms with E-state index < -0.39 is 17.8 Å². The first-order valence-corrected chi connectivity index (χ1v) is 10.0. The van der Waals surface area contributed by atoms with Gasteiger partial charge in [0, 0.05) is 6.42 Å². The number of hydrogen-bond acceptors (Lipinski definition) is 4. The van der Waals surface area contributed by atoms with Gasteiger partial charge >= 0.3 is 0 Å². The molecule has 1 fully saturated rings. The maximum Gasteiger partial charge on any atom is 0.129 e. The van der Waals surface area contributed by atoms with Gasteiger partial charge in [0.2, 0.25) is 0 Å². The summed E-state index contributed by atoms with van der Waals surface area (Å²) in [6.45, 7) is 1.52. The predicted molar refractivity (Wildman–Crippen MR) is 109 cm³/mol. The zero-order chi connectivity index (χ0) is 20.0. The summed E-state index contributed by atoms with van der Waals surface area (Å²) in [5.74, 6) is 5.83. The molecule has 2 atom stereocenters. The molecule has 0 radical (unpaired) electrons. The lowest BCUT2D eigenvalue weighted by Gasteiger charge is -2.26. The lowest BCUT2D eigenvalue weighted by atomic mass is 9.87. The molecule has 150 valence electrons. The summed E-state index contributed by atoms with van der Waals surface area (Å²) in [7, 11) is 0. The van der Waals surface area contributed by atoms with E-state index in [9.17, 15) is 20.1 Å². The van der Waals surface area contributed by atoms with E-state index in [4.69, 9.17) is 0 Å². The molecule has 1 unspecified atom stereocenters. The van der Waals surface area contributed by atoms with Crippen LogP contribution in [0.4, 0.5) is 0 Å². The first-order chi connectivity index (χ1) is 12.9. The van der Waals surface area contributed by atoms with Gasteiger partial charge in [-0.15, -0.1) is 0 Å². The van der Waals surface area contributed by atoms with Gasteiger partial charge in [-0.3, -0.25) is 0 Å². The molecule has 4 nitrogen and oxygen atoms in total. The Labute approximate surface area is 163 Å². The Kier molecular flexibility index (Phi) is 11.7. The molecule has 3 N–H and O–H groups in total. The number of Topliss-reactive ketones (excluding diaryl/α,β-unsaturated/α-hetero) is 1. The summed E-state index contributed by atoms with van der Waals surface area (Å²) < 4.78 is 0. The molecule has 0 aromatic heterocycles. The molecule has 0 amide bonds. The Bertz CT molecular complexity index is 569. The van der Waals surface area contributed by atoms with Crippen LogP contribution in [-0.4, -0.2) is 38.9 Å². The average Bonchev–Trinajstić information content (AvgIpc) is 2.60. The van der Waals surface area contributed by atoms with Crippen LogP contribution in [0, 0.1) is 11.8 Å². The highest BCUT2D eigenvalue weighted by molar-refractivity contribution is 5.75. The predicted octanol–water partition coefficient (Wildman–Crippen LogP) is 3.61. The second-order valence-electron chi connectivity index (χ2n) is 7.39. The molecule has 27 heavy (non-hydrogen) atoms. The molecule has 1 aliphatic carbocycles. The zero-order valence-corrected chi connectivity index (χ0v) is 16.4. The smallest absolute Gasteiger partial charge is 0.129 e. The van der Waals surface area contributed by atoms with Crippen molar-refractivity contribution in [3.05, 3.63) is 36.5 Å². The van der Waals surface area contributed by atoms with Crippen molar-refractivity contribution in [3.63, 3.8) is 0 Å². The number of ketones is 1. The molecular weight excluding hydrogens is 340 g/mol. The Morgan fingerprint density at radius 1 is 1.04 bits per heavy atom. The largest absolute Gasteiger partial charge is 0.390 e. The summed E-state index contributed by atoms with van der Waals surface area (Å²) in [5, 5.41) is 30.2. The van der Waals surface area contributed by atoms with Crippen LogP contribution in [0.5, 0.6) is 0 Å². The minimum absolute atomic E-state index is 0.0875. The van der Waals surface area contributed by atoms with Gasteiger partial charge in [0.05, 0.1) is 17.8 Å². The third kappa shape index (κ3) is 11.6. The molecule has 4 heteroatoms. The van der Waals surface area contributed by atoms with Crippen LogP contribution in [-0.2, 0) is 4.79 Å². The van der Waals surface area contributed by atoms with Crippen LogP contribution in [0.3, 0.4) is 0 Å². The molecule has 0 aromatic carbocycles. The summed E-state index contributed by atoms with van der Waals surface area (Å²) in [6, 6.07) is 0. The van der Waals surface area contributed by atoms with E-state index in [1.165, 1.54) is 32.3 Å². The van der Waals surface area contributed by atoms with Crippen molar-refractivity contribution in [2.24, 2.45) is 0 Å². The standard InChI is InChI=1S/C23H34O4/c1-20(24)14-13-16-22(26)21(25)15-9-5-2-3-6-10-17-23(27)18-11-7-4-8-12-19-23/h2,5,9-10,15,17,21-22,25-27H,4,7-8,11-14,16,18-19H2,1H3/b5-2+,15-9+,17-10+/t21?,22-/m0/s1. The van der Waals surface area contributed by atoms with E-state index in [1.807, 2.05) is 6.08 Å². The second-order valence-corrected chi connectivity index (χ2v) is 7.39. The fourth-order valence-electron chi connectivity index (χ4n) is 3.12. The molecule has 0 spiro atoms. The minimum Gasteiger partial charge on any atom is -0.390 e. The van der Waals surface area contributed by atoms with Gasteiger partial charge in [-0.2, -0.15) is 0 Å². The molecular formula is C23H34O4. The van der Waals surface area contributed by atoms with E-state index >= 15 is 0 Å². The van der Waals surface area contributed by atoms with Gasteiger partial charge in [0.15, 0.2) is 0 Å². The number of carbonyl (C=O) groups is 1. The lowest BCUT2D eigenvalue weighted by Crippen LogP contribution is -2.26. The zero-order valence-electron chi connectivity index (χ0n) is 16.4. The average molecular weight is 375 g/mol. The minimum atomic E-state index is -0.956. The van der Waals surface area contributed by atoms with Crippen LogP contribution < -0.4 is 0 Å². The third-order valence-corrected chi connectivity index (χ3v) is 4.80. The Balaban J connectivity index is 2.35. The van der Waals surface area contributed by atoms with Crippen molar-refractivity contribution in [1.82, 2.24) is 0 Å². The fourth-order valence-corrected chi connectivity index (χ4v) is 3.12. The number of carbonyl (C=O) groups excluding carboxylic acids is 1. The molecule has 0 saturated heterocycles. The quantitative estimate of drug-likeness (QED) is 0.448. The number of aliphatic hydroxyl groups is 3. The van der Waals surface area contributed by atoms with Crippen LogP contribution in [0.2, 0.25) is 0 Å². The SMILES string of the molecule is CC(=O)CCC[C@H](O)C(O)/C=C/C=C/C#C/C=C/C1(O)CCCCCCC1. The number of aliphatic hydroxyl groups excluding tert-OH is 2. The van der Waals surface area contributed by atoms with E-state index in [-0.39, 0.29) is 5.78 Å². The maximum atomic E-state index is 10.9. The first kappa shape index (κ1) is 23.4. The summed E-state index contributed by atoms with van der Waals surface area (Å²) >= 11 is 0. The van der Waals surface area contributed by atoms with E-state index in [1.54, 1.807) is 24.3 Å². The highest BCUT2D eigenvalue weighted by atomic mass is 16.3. The number of allylic oxidation sites excluding steroid dienone is 4. The third-order valence-electron chi connectivity index (χ3n) is 4.80. The second kappa shape index (κ2) is 13.5. The van der Waals surface area contributed by atoms with Gasteiger partial charge in [-0.1, -0.05) is 62.2 Å². The van der Waals surface area contributed by atoms with Crippen molar-refractivity contribution < 1.29 is 20.1 Å². The molecule has 0 aromatic rings. The molecule has 1 saturated carbocycles. The van der Waals surface area contributed by atoms with Gasteiger partial charge in [-0.05, 0) is 50.8 Å². The van der Waals surface area contributed by atoms with Crippen LogP contribution in [0.25, 0.3) is 0 Å². The topological polar surface area (TPSA) is 77.8 Å². The maximum absolute atomic E-state index is 10.9. The van der Waals surface area contributed by atoms with Crippen molar-refractivity contribution in [2.75, 3.05) is 0 Å². The number of rotatable bonds is 8. The lowest BCUT2D eigenvalue weighted by molar-refractivity contribution is -0.117. The Morgan fingerprint density at radius 3 is 2.33 bits per heavy atom. The van der Waals surface area contributed by atoms with Crippen molar-refractivity contribution in [3.8, 4) is 11.8 Å². The molecule has 1 aliphatic rings. The molecule has 0 bridgehead atoms. The highest BCUT2D eigenvalue weighted by Crippen LogP contribution is 2.27. The van der Waals surface area contributed by atoms with Gasteiger partial charge < -0.3 is 20.1 Å². The first-order valence-electron chi connectivity index (χ1n) is 10.0. The van der Waals surface area contributed by atoms with Crippen LogP contribution in [0.1, 0.15) is 71.1 Å². The summed E-state index contributed by atoms with van der Waals surface area (Å²) in [5.41, 5.74) is -0.721. The monoisotopic (exact) mass is 374 g/mol. The van der Waals surface area contributed by atoms with E-state index in [2.05, 4.69) is 11.8 Å². The van der Waals surface area contributed by atoms with Crippen LogP contribution >= 0.6 is 0 Å². The molecule has 0 aliphatic heterocycles. The number of hydrogen-bond donors (Lipinski definition) is 3. The normalized spacial score (nSPS) is 20.1. The van der Waals surface area contributed by atoms with Crippen molar-refractivity contribution >= 4 is 5.78 Å². The van der Waals surface area contributed by atoms with Crippen molar-refractivity contribution in [2.45, 2.75) is 88.9 Å². The molecule has 1 rings (SSSR count).